The van der Waals surface area contributed by atoms with Gasteiger partial charge in [0.15, 0.2) is 0 Å². The summed E-state index contributed by atoms with van der Waals surface area (Å²) in [5.41, 5.74) is 0.637. The number of urea groups is 1. The normalized spacial score (nSPS) is 11.7. The average Bonchev–Trinajstić information content (AvgIpc) is 2.30. The average molecular weight is 266 g/mol. The van der Waals surface area contributed by atoms with Crippen LogP contribution in [0.3, 0.4) is 0 Å². The largest absolute Gasteiger partial charge is 0.322 e. The number of carbonyl (C=O) groups excluding carboxylic acids is 1. The van der Waals surface area contributed by atoms with Gasteiger partial charge in [-0.2, -0.15) is 5.26 Å². The molecule has 0 saturated carbocycles. The first kappa shape index (κ1) is 14.3. The summed E-state index contributed by atoms with van der Waals surface area (Å²) >= 11 is 5.74. The first-order chi connectivity index (χ1) is 8.51. The van der Waals surface area contributed by atoms with Crippen molar-refractivity contribution >= 4 is 23.3 Å². The van der Waals surface area contributed by atoms with Crippen LogP contribution in [0.15, 0.2) is 24.3 Å². The summed E-state index contributed by atoms with van der Waals surface area (Å²) in [5, 5.41) is 14.8. The van der Waals surface area contributed by atoms with Gasteiger partial charge in [0.1, 0.15) is 6.04 Å². The minimum absolute atomic E-state index is 0.352. The van der Waals surface area contributed by atoms with Gasteiger partial charge in [-0.25, -0.2) is 4.79 Å². The van der Waals surface area contributed by atoms with Crippen LogP contribution in [-0.2, 0) is 0 Å². The highest BCUT2D eigenvalue weighted by Gasteiger charge is 2.12. The molecule has 1 rings (SSSR count). The Hall–Kier alpha value is -1.73. The third-order valence-electron chi connectivity index (χ3n) is 2.27. The molecule has 18 heavy (non-hydrogen) atoms. The van der Waals surface area contributed by atoms with Gasteiger partial charge < -0.3 is 10.6 Å². The highest BCUT2D eigenvalue weighted by Crippen LogP contribution is 2.13. The van der Waals surface area contributed by atoms with E-state index in [9.17, 15) is 4.79 Å². The van der Waals surface area contributed by atoms with Crippen LogP contribution in [0.4, 0.5) is 10.5 Å². The fourth-order valence-corrected chi connectivity index (χ4v) is 1.60. The molecule has 0 fully saturated rings. The van der Waals surface area contributed by atoms with Crippen LogP contribution >= 0.6 is 11.6 Å². The number of nitrogens with one attached hydrogen (secondary N) is 2. The van der Waals surface area contributed by atoms with Crippen molar-refractivity contribution in [2.75, 3.05) is 5.32 Å². The van der Waals surface area contributed by atoms with Crippen molar-refractivity contribution in [2.45, 2.75) is 26.3 Å². The van der Waals surface area contributed by atoms with Crippen molar-refractivity contribution in [1.29, 1.82) is 5.26 Å². The van der Waals surface area contributed by atoms with E-state index in [1.165, 1.54) is 0 Å². The summed E-state index contributed by atoms with van der Waals surface area (Å²) in [4.78, 5) is 11.6. The molecule has 0 spiro atoms. The highest BCUT2D eigenvalue weighted by atomic mass is 35.5. The quantitative estimate of drug-likeness (QED) is 0.876. The van der Waals surface area contributed by atoms with Crippen LogP contribution in [-0.4, -0.2) is 12.1 Å². The predicted octanol–water partition coefficient (Wildman–Crippen LogP) is 3.40. The van der Waals surface area contributed by atoms with Crippen molar-refractivity contribution in [3.8, 4) is 6.07 Å². The number of carbonyl (C=O) groups is 1. The van der Waals surface area contributed by atoms with Gasteiger partial charge in [0.25, 0.3) is 0 Å². The van der Waals surface area contributed by atoms with Crippen molar-refractivity contribution < 1.29 is 4.79 Å². The molecular weight excluding hydrogens is 250 g/mol. The molecule has 5 heteroatoms. The summed E-state index contributed by atoms with van der Waals surface area (Å²) in [6, 6.07) is 7.98. The molecule has 0 radical (unpaired) electrons. The van der Waals surface area contributed by atoms with Crippen LogP contribution < -0.4 is 10.6 Å². The molecule has 2 amide bonds. The van der Waals surface area contributed by atoms with Crippen molar-refractivity contribution in [2.24, 2.45) is 5.92 Å². The number of nitrogens with zero attached hydrogens (tertiary/aromatic N) is 1. The van der Waals surface area contributed by atoms with Crippen LogP contribution in [0.5, 0.6) is 0 Å². The van der Waals surface area contributed by atoms with E-state index in [2.05, 4.69) is 16.7 Å². The van der Waals surface area contributed by atoms with E-state index in [1.807, 2.05) is 13.8 Å². The van der Waals surface area contributed by atoms with Gasteiger partial charge in [-0.1, -0.05) is 25.4 Å². The Kier molecular flexibility index (Phi) is 5.47. The van der Waals surface area contributed by atoms with Crippen LogP contribution in [0, 0.1) is 17.2 Å². The Morgan fingerprint density at radius 1 is 1.39 bits per heavy atom. The lowest BCUT2D eigenvalue weighted by atomic mass is 10.1. The van der Waals surface area contributed by atoms with Gasteiger partial charge in [-0.05, 0) is 36.6 Å². The molecule has 2 N–H and O–H groups in total. The summed E-state index contributed by atoms with van der Waals surface area (Å²) in [6.45, 7) is 4.01. The molecule has 1 aromatic rings. The molecule has 4 nitrogen and oxygen atoms in total. The zero-order valence-corrected chi connectivity index (χ0v) is 11.2. The first-order valence-electron chi connectivity index (χ1n) is 5.74. The molecule has 1 unspecified atom stereocenters. The second-order valence-electron chi connectivity index (χ2n) is 4.42. The van der Waals surface area contributed by atoms with Crippen LogP contribution in [0.2, 0.25) is 5.02 Å². The second-order valence-corrected chi connectivity index (χ2v) is 4.85. The van der Waals surface area contributed by atoms with E-state index in [1.54, 1.807) is 24.3 Å². The Morgan fingerprint density at radius 2 is 2.00 bits per heavy atom. The van der Waals surface area contributed by atoms with Crippen LogP contribution in [0.1, 0.15) is 20.3 Å². The number of hydrogen-bond acceptors (Lipinski definition) is 2. The maximum Gasteiger partial charge on any atom is 0.320 e. The Labute approximate surface area is 112 Å². The molecule has 0 heterocycles. The van der Waals surface area contributed by atoms with Crippen molar-refractivity contribution in [1.82, 2.24) is 5.32 Å². The number of halogens is 1. The number of anilines is 1. The van der Waals surface area contributed by atoms with Gasteiger partial charge in [0.2, 0.25) is 0 Å². The van der Waals surface area contributed by atoms with Crippen molar-refractivity contribution in [3.05, 3.63) is 29.3 Å². The molecule has 1 atom stereocenters. The van der Waals surface area contributed by atoms with E-state index < -0.39 is 6.04 Å². The standard InChI is InChI=1S/C13H16ClN3O/c1-9(2)7-12(8-15)17-13(18)16-11-5-3-10(14)4-6-11/h3-6,9,12H,7H2,1-2H3,(H2,16,17,18). The van der Waals surface area contributed by atoms with E-state index in [0.29, 0.717) is 23.0 Å². The zero-order valence-electron chi connectivity index (χ0n) is 10.4. The fourth-order valence-electron chi connectivity index (χ4n) is 1.47. The summed E-state index contributed by atoms with van der Waals surface area (Å²) < 4.78 is 0. The van der Waals surface area contributed by atoms with E-state index in [0.717, 1.165) is 0 Å². The van der Waals surface area contributed by atoms with Gasteiger partial charge in [0.05, 0.1) is 6.07 Å². The first-order valence-corrected chi connectivity index (χ1v) is 6.11. The predicted molar refractivity (Wildman–Crippen MR) is 72.5 cm³/mol. The lowest BCUT2D eigenvalue weighted by Gasteiger charge is -2.14. The molecule has 0 aliphatic heterocycles. The summed E-state index contributed by atoms with van der Waals surface area (Å²) in [6.07, 6.45) is 0.630. The maximum absolute atomic E-state index is 11.6. The van der Waals surface area contributed by atoms with Gasteiger partial charge in [0, 0.05) is 10.7 Å². The smallest absolute Gasteiger partial charge is 0.320 e. The molecular formula is C13H16ClN3O. The summed E-state index contributed by atoms with van der Waals surface area (Å²) in [5.74, 6) is 0.352. The minimum Gasteiger partial charge on any atom is -0.322 e. The van der Waals surface area contributed by atoms with Gasteiger partial charge >= 0.3 is 6.03 Å². The van der Waals surface area contributed by atoms with E-state index in [-0.39, 0.29) is 6.03 Å². The monoisotopic (exact) mass is 265 g/mol. The number of nitriles is 1. The zero-order chi connectivity index (χ0) is 13.5. The number of benzene rings is 1. The fraction of sp³-hybridized carbons (Fsp3) is 0.385. The SMILES string of the molecule is CC(C)CC(C#N)NC(=O)Nc1ccc(Cl)cc1. The lowest BCUT2D eigenvalue weighted by Crippen LogP contribution is -2.37. The molecule has 0 bridgehead atoms. The molecule has 0 aromatic heterocycles. The third-order valence-corrected chi connectivity index (χ3v) is 2.52. The number of amides is 2. The van der Waals surface area contributed by atoms with Crippen LogP contribution in [0.25, 0.3) is 0 Å². The van der Waals surface area contributed by atoms with Gasteiger partial charge in [-0.3, -0.25) is 0 Å². The summed E-state index contributed by atoms with van der Waals surface area (Å²) in [7, 11) is 0. The number of hydrogen-bond donors (Lipinski definition) is 2. The third kappa shape index (κ3) is 5.07. The topological polar surface area (TPSA) is 64.9 Å². The Bertz CT molecular complexity index is 437. The van der Waals surface area contributed by atoms with E-state index in [4.69, 9.17) is 16.9 Å². The molecule has 0 aliphatic rings. The minimum atomic E-state index is -0.475. The molecule has 96 valence electrons. The number of rotatable bonds is 4. The molecule has 1 aromatic carbocycles. The lowest BCUT2D eigenvalue weighted by molar-refractivity contribution is 0.249. The molecule has 0 aliphatic carbocycles. The maximum atomic E-state index is 11.6. The highest BCUT2D eigenvalue weighted by molar-refractivity contribution is 6.30. The van der Waals surface area contributed by atoms with E-state index >= 15 is 0 Å². The second kappa shape index (κ2) is 6.87. The van der Waals surface area contributed by atoms with Crippen molar-refractivity contribution in [3.63, 3.8) is 0 Å². The Balaban J connectivity index is 2.50. The van der Waals surface area contributed by atoms with Gasteiger partial charge in [-0.15, -0.1) is 0 Å². The Morgan fingerprint density at radius 3 is 2.50 bits per heavy atom. The molecule has 0 saturated heterocycles.